The molecule has 0 aliphatic rings. The summed E-state index contributed by atoms with van der Waals surface area (Å²) in [5, 5.41) is 0.433. The molecule has 0 saturated carbocycles. The first-order chi connectivity index (χ1) is 8.38. The summed E-state index contributed by atoms with van der Waals surface area (Å²) in [5.74, 6) is -2.06. The van der Waals surface area contributed by atoms with Gasteiger partial charge in [-0.2, -0.15) is 0 Å². The molecule has 0 heterocycles. The molecule has 0 saturated heterocycles. The third-order valence-electron chi connectivity index (χ3n) is 2.78. The molecular formula is C13H13Cl2FO2. The van der Waals surface area contributed by atoms with Gasteiger partial charge in [-0.3, -0.25) is 9.59 Å². The molecule has 1 rings (SSSR count). The predicted molar refractivity (Wildman–Crippen MR) is 70.2 cm³/mol. The summed E-state index contributed by atoms with van der Waals surface area (Å²) in [7, 11) is 0. The van der Waals surface area contributed by atoms with E-state index in [1.165, 1.54) is 18.2 Å². The Bertz CT molecular complexity index is 474. The number of rotatable bonds is 5. The summed E-state index contributed by atoms with van der Waals surface area (Å²) in [6.07, 6.45) is -1.65. The first-order valence-corrected chi connectivity index (χ1v) is 6.31. The minimum absolute atomic E-state index is 0.0496. The van der Waals surface area contributed by atoms with E-state index in [-0.39, 0.29) is 15.6 Å². The molecule has 1 aromatic carbocycles. The van der Waals surface area contributed by atoms with Crippen LogP contribution in [-0.2, 0) is 4.79 Å². The average molecular weight is 291 g/mol. The molecule has 2 unspecified atom stereocenters. The van der Waals surface area contributed by atoms with Gasteiger partial charge in [-0.15, -0.1) is 0 Å². The Morgan fingerprint density at radius 3 is 2.39 bits per heavy atom. The van der Waals surface area contributed by atoms with Crippen molar-refractivity contribution in [3.8, 4) is 0 Å². The highest BCUT2D eigenvalue weighted by Gasteiger charge is 2.30. The lowest BCUT2D eigenvalue weighted by Crippen LogP contribution is -2.30. The van der Waals surface area contributed by atoms with Crippen molar-refractivity contribution in [2.24, 2.45) is 5.92 Å². The lowest BCUT2D eigenvalue weighted by atomic mass is 9.95. The van der Waals surface area contributed by atoms with Gasteiger partial charge in [0.25, 0.3) is 0 Å². The fourth-order valence-electron chi connectivity index (χ4n) is 1.38. The van der Waals surface area contributed by atoms with Gasteiger partial charge in [0.2, 0.25) is 12.0 Å². The second-order valence-corrected chi connectivity index (χ2v) is 4.88. The van der Waals surface area contributed by atoms with E-state index >= 15 is 0 Å². The molecular weight excluding hydrogens is 278 g/mol. The van der Waals surface area contributed by atoms with Crippen molar-refractivity contribution in [3.05, 3.63) is 33.8 Å². The topological polar surface area (TPSA) is 34.1 Å². The van der Waals surface area contributed by atoms with Crippen LogP contribution in [0.4, 0.5) is 4.39 Å². The lowest BCUT2D eigenvalue weighted by molar-refractivity contribution is -0.125. The Morgan fingerprint density at radius 1 is 1.28 bits per heavy atom. The van der Waals surface area contributed by atoms with Crippen molar-refractivity contribution in [1.29, 1.82) is 0 Å². The molecule has 0 radical (unpaired) electrons. The number of hydrogen-bond donors (Lipinski definition) is 0. The summed E-state index contributed by atoms with van der Waals surface area (Å²) in [6.45, 7) is 3.36. The zero-order valence-electron chi connectivity index (χ0n) is 10.0. The third kappa shape index (κ3) is 3.30. The van der Waals surface area contributed by atoms with Crippen molar-refractivity contribution in [1.82, 2.24) is 0 Å². The maximum Gasteiger partial charge on any atom is 0.221 e. The Balaban J connectivity index is 2.93. The zero-order valence-corrected chi connectivity index (χ0v) is 11.6. The minimum Gasteiger partial charge on any atom is -0.296 e. The molecule has 0 fully saturated rings. The Morgan fingerprint density at radius 2 is 1.89 bits per heavy atom. The van der Waals surface area contributed by atoms with Crippen molar-refractivity contribution >= 4 is 34.8 Å². The average Bonchev–Trinajstić information content (AvgIpc) is 2.38. The van der Waals surface area contributed by atoms with E-state index < -0.39 is 23.7 Å². The second kappa shape index (κ2) is 6.30. The van der Waals surface area contributed by atoms with E-state index in [0.717, 1.165) is 0 Å². The largest absolute Gasteiger partial charge is 0.296 e. The van der Waals surface area contributed by atoms with E-state index in [1.54, 1.807) is 13.8 Å². The summed E-state index contributed by atoms with van der Waals surface area (Å²) in [6, 6.07) is 4.02. The van der Waals surface area contributed by atoms with E-state index in [9.17, 15) is 14.0 Å². The monoisotopic (exact) mass is 290 g/mol. The molecule has 0 N–H and O–H groups in total. The Hall–Kier alpha value is -0.930. The second-order valence-electron chi connectivity index (χ2n) is 4.07. The lowest BCUT2D eigenvalue weighted by Gasteiger charge is -2.11. The first kappa shape index (κ1) is 15.1. The van der Waals surface area contributed by atoms with Crippen LogP contribution >= 0.6 is 23.2 Å². The number of ketones is 2. The standard InChI is InChI=1S/C13H13Cl2FO2/c1-3-7(2)12(17)11(16)13(18)8-4-5-9(14)10(15)6-8/h4-7,11H,3H2,1-2H3. The van der Waals surface area contributed by atoms with Gasteiger partial charge in [-0.25, -0.2) is 4.39 Å². The van der Waals surface area contributed by atoms with Crippen molar-refractivity contribution in [3.63, 3.8) is 0 Å². The number of Topliss-reactive ketones (excluding diaryl/α,β-unsaturated/α-hetero) is 2. The molecule has 98 valence electrons. The number of alkyl halides is 1. The van der Waals surface area contributed by atoms with Crippen LogP contribution in [-0.4, -0.2) is 17.7 Å². The summed E-state index contributed by atoms with van der Waals surface area (Å²) < 4.78 is 13.8. The van der Waals surface area contributed by atoms with Gasteiger partial charge < -0.3 is 0 Å². The summed E-state index contributed by atoms with van der Waals surface area (Å²) in [4.78, 5) is 23.4. The fourth-order valence-corrected chi connectivity index (χ4v) is 1.67. The van der Waals surface area contributed by atoms with Crippen LogP contribution in [0.2, 0.25) is 10.0 Å². The highest BCUT2D eigenvalue weighted by Crippen LogP contribution is 2.24. The molecule has 5 heteroatoms. The van der Waals surface area contributed by atoms with Crippen LogP contribution in [0.1, 0.15) is 30.6 Å². The van der Waals surface area contributed by atoms with Crippen LogP contribution in [0.5, 0.6) is 0 Å². The molecule has 0 aliphatic carbocycles. The molecule has 1 aromatic rings. The summed E-state index contributed by atoms with van der Waals surface area (Å²) in [5.41, 5.74) is 0.0496. The molecule has 0 bridgehead atoms. The SMILES string of the molecule is CCC(C)C(=O)C(F)C(=O)c1ccc(Cl)c(Cl)c1. The number of benzene rings is 1. The molecule has 0 aromatic heterocycles. The maximum absolute atomic E-state index is 13.8. The van der Waals surface area contributed by atoms with Gasteiger partial charge in [0.15, 0.2) is 5.78 Å². The number of carbonyl (C=O) groups is 2. The van der Waals surface area contributed by atoms with E-state index in [0.29, 0.717) is 6.42 Å². The molecule has 0 spiro atoms. The van der Waals surface area contributed by atoms with Gasteiger partial charge in [0.05, 0.1) is 10.0 Å². The molecule has 18 heavy (non-hydrogen) atoms. The molecule has 0 amide bonds. The normalized spacial score (nSPS) is 14.1. The molecule has 2 nitrogen and oxygen atoms in total. The first-order valence-electron chi connectivity index (χ1n) is 5.55. The molecule has 2 atom stereocenters. The number of hydrogen-bond acceptors (Lipinski definition) is 2. The van der Waals surface area contributed by atoms with Gasteiger partial charge in [0.1, 0.15) is 0 Å². The van der Waals surface area contributed by atoms with Gasteiger partial charge in [-0.05, 0) is 24.6 Å². The maximum atomic E-state index is 13.8. The molecule has 0 aliphatic heterocycles. The van der Waals surface area contributed by atoms with Crippen molar-refractivity contribution < 1.29 is 14.0 Å². The minimum atomic E-state index is -2.14. The van der Waals surface area contributed by atoms with Crippen LogP contribution in [0.15, 0.2) is 18.2 Å². The van der Waals surface area contributed by atoms with Crippen molar-refractivity contribution in [2.75, 3.05) is 0 Å². The summed E-state index contributed by atoms with van der Waals surface area (Å²) >= 11 is 11.4. The van der Waals surface area contributed by atoms with Crippen LogP contribution in [0.3, 0.4) is 0 Å². The van der Waals surface area contributed by atoms with E-state index in [2.05, 4.69) is 0 Å². The predicted octanol–water partition coefficient (Wildman–Crippen LogP) is 4.13. The highest BCUT2D eigenvalue weighted by atomic mass is 35.5. The Kier molecular flexibility index (Phi) is 5.29. The van der Waals surface area contributed by atoms with Crippen LogP contribution in [0.25, 0.3) is 0 Å². The van der Waals surface area contributed by atoms with Gasteiger partial charge in [-0.1, -0.05) is 37.0 Å². The smallest absolute Gasteiger partial charge is 0.221 e. The number of carbonyl (C=O) groups excluding carboxylic acids is 2. The quantitative estimate of drug-likeness (QED) is 0.604. The fraction of sp³-hybridized carbons (Fsp3) is 0.385. The van der Waals surface area contributed by atoms with E-state index in [4.69, 9.17) is 23.2 Å². The van der Waals surface area contributed by atoms with Crippen LogP contribution in [0, 0.1) is 5.92 Å². The van der Waals surface area contributed by atoms with Gasteiger partial charge >= 0.3 is 0 Å². The van der Waals surface area contributed by atoms with Crippen LogP contribution < -0.4 is 0 Å². The van der Waals surface area contributed by atoms with Gasteiger partial charge in [0, 0.05) is 11.5 Å². The zero-order chi connectivity index (χ0) is 13.9. The van der Waals surface area contributed by atoms with Crippen molar-refractivity contribution in [2.45, 2.75) is 26.4 Å². The van der Waals surface area contributed by atoms with E-state index in [1.807, 2.05) is 0 Å². The Labute approximate surface area is 115 Å². The highest BCUT2D eigenvalue weighted by molar-refractivity contribution is 6.42. The third-order valence-corrected chi connectivity index (χ3v) is 3.52. The number of halogens is 3.